The van der Waals surface area contributed by atoms with Crippen LogP contribution in [0.2, 0.25) is 0 Å². The Labute approximate surface area is 137 Å². The lowest BCUT2D eigenvalue weighted by Gasteiger charge is -2.14. The molecule has 2 aromatic rings. The monoisotopic (exact) mass is 396 g/mol. The van der Waals surface area contributed by atoms with Crippen LogP contribution in [-0.2, 0) is 6.42 Å². The molecule has 0 aromatic heterocycles. The Kier molecular flexibility index (Phi) is 5.28. The molecule has 0 saturated heterocycles. The first-order chi connectivity index (χ1) is 9.51. The van der Waals surface area contributed by atoms with Crippen molar-refractivity contribution in [1.29, 1.82) is 0 Å². The minimum absolute atomic E-state index is 0.282. The van der Waals surface area contributed by atoms with E-state index >= 15 is 0 Å². The summed E-state index contributed by atoms with van der Waals surface area (Å²) in [5.41, 5.74) is 5.27. The van der Waals surface area contributed by atoms with Crippen LogP contribution in [0.4, 0.5) is 0 Å². The third kappa shape index (κ3) is 3.64. The zero-order chi connectivity index (χ0) is 14.7. The fraction of sp³-hybridized carbons (Fsp3) is 0.294. The summed E-state index contributed by atoms with van der Waals surface area (Å²) in [7, 11) is 1.68. The Morgan fingerprint density at radius 2 is 1.80 bits per heavy atom. The SMILES string of the molecule is COc1ccc(C(Br)Cc2ccc(C)c(C)c2)c(Br)c1. The first kappa shape index (κ1) is 15.6. The lowest BCUT2D eigenvalue weighted by atomic mass is 10.0. The van der Waals surface area contributed by atoms with Crippen LogP contribution in [0.5, 0.6) is 5.75 Å². The van der Waals surface area contributed by atoms with Gasteiger partial charge in [-0.2, -0.15) is 0 Å². The molecule has 0 saturated carbocycles. The van der Waals surface area contributed by atoms with Crippen LogP contribution in [-0.4, -0.2) is 7.11 Å². The zero-order valence-corrected chi connectivity index (χ0v) is 15.1. The van der Waals surface area contributed by atoms with Crippen molar-refractivity contribution >= 4 is 31.9 Å². The van der Waals surface area contributed by atoms with Gasteiger partial charge in [-0.25, -0.2) is 0 Å². The van der Waals surface area contributed by atoms with Crippen LogP contribution in [0.25, 0.3) is 0 Å². The van der Waals surface area contributed by atoms with E-state index in [1.165, 1.54) is 22.3 Å². The Hall–Kier alpha value is -0.800. The fourth-order valence-electron chi connectivity index (χ4n) is 2.14. The average molecular weight is 398 g/mol. The van der Waals surface area contributed by atoms with Crippen molar-refractivity contribution in [3.05, 3.63) is 63.1 Å². The number of hydrogen-bond donors (Lipinski definition) is 0. The minimum Gasteiger partial charge on any atom is -0.497 e. The first-order valence-electron chi connectivity index (χ1n) is 6.55. The third-order valence-corrected chi connectivity index (χ3v) is 5.04. The molecule has 20 heavy (non-hydrogen) atoms. The summed E-state index contributed by atoms with van der Waals surface area (Å²) in [5.74, 6) is 0.867. The second kappa shape index (κ2) is 6.77. The molecule has 0 aliphatic heterocycles. The Morgan fingerprint density at radius 3 is 2.40 bits per heavy atom. The van der Waals surface area contributed by atoms with Crippen LogP contribution >= 0.6 is 31.9 Å². The van der Waals surface area contributed by atoms with E-state index in [2.05, 4.69) is 70.0 Å². The van der Waals surface area contributed by atoms with E-state index in [0.717, 1.165) is 16.6 Å². The Balaban J connectivity index is 2.19. The summed E-state index contributed by atoms with van der Waals surface area (Å²) in [4.78, 5) is 0.282. The van der Waals surface area contributed by atoms with Gasteiger partial charge in [0.2, 0.25) is 0 Å². The summed E-state index contributed by atoms with van der Waals surface area (Å²) in [6.45, 7) is 4.30. The van der Waals surface area contributed by atoms with Gasteiger partial charge in [-0.3, -0.25) is 0 Å². The quantitative estimate of drug-likeness (QED) is 0.596. The van der Waals surface area contributed by atoms with Crippen molar-refractivity contribution in [3.63, 3.8) is 0 Å². The van der Waals surface area contributed by atoms with Gasteiger partial charge in [-0.1, -0.05) is 56.1 Å². The first-order valence-corrected chi connectivity index (χ1v) is 8.25. The van der Waals surface area contributed by atoms with Gasteiger partial charge < -0.3 is 4.74 Å². The summed E-state index contributed by atoms with van der Waals surface area (Å²) >= 11 is 7.41. The van der Waals surface area contributed by atoms with Gasteiger partial charge in [0.15, 0.2) is 0 Å². The smallest absolute Gasteiger partial charge is 0.120 e. The van der Waals surface area contributed by atoms with Gasteiger partial charge in [0.25, 0.3) is 0 Å². The predicted molar refractivity (Wildman–Crippen MR) is 92.0 cm³/mol. The number of benzene rings is 2. The van der Waals surface area contributed by atoms with Crippen LogP contribution in [0.3, 0.4) is 0 Å². The molecule has 0 bridgehead atoms. The maximum atomic E-state index is 5.23. The van der Waals surface area contributed by atoms with Gasteiger partial charge in [-0.05, 0) is 54.7 Å². The van der Waals surface area contributed by atoms with Crippen LogP contribution in [0, 0.1) is 13.8 Å². The highest BCUT2D eigenvalue weighted by Crippen LogP contribution is 2.34. The molecule has 1 atom stereocenters. The van der Waals surface area contributed by atoms with Gasteiger partial charge in [0, 0.05) is 9.30 Å². The standard InChI is InChI=1S/C17H18Br2O/c1-11-4-5-13(8-12(11)2)9-16(18)15-7-6-14(20-3)10-17(15)19/h4-8,10,16H,9H2,1-3H3. The third-order valence-electron chi connectivity index (χ3n) is 3.53. The number of rotatable bonds is 4. The van der Waals surface area contributed by atoms with Crippen LogP contribution in [0.1, 0.15) is 27.1 Å². The van der Waals surface area contributed by atoms with E-state index in [-0.39, 0.29) is 4.83 Å². The highest BCUT2D eigenvalue weighted by Gasteiger charge is 2.13. The van der Waals surface area contributed by atoms with Crippen molar-refractivity contribution < 1.29 is 4.74 Å². The van der Waals surface area contributed by atoms with Gasteiger partial charge in [0.1, 0.15) is 5.75 Å². The molecule has 1 nitrogen and oxygen atoms in total. The Bertz CT molecular complexity index is 608. The van der Waals surface area contributed by atoms with Gasteiger partial charge in [0.05, 0.1) is 7.11 Å². The molecular weight excluding hydrogens is 380 g/mol. The predicted octanol–water partition coefficient (Wildman–Crippen LogP) is 5.75. The summed E-state index contributed by atoms with van der Waals surface area (Å²) in [5, 5.41) is 0. The number of aryl methyl sites for hydroxylation is 2. The molecule has 1 unspecified atom stereocenters. The lowest BCUT2D eigenvalue weighted by molar-refractivity contribution is 0.414. The van der Waals surface area contributed by atoms with E-state index < -0.39 is 0 Å². The largest absolute Gasteiger partial charge is 0.497 e. The number of hydrogen-bond acceptors (Lipinski definition) is 1. The normalized spacial score (nSPS) is 12.2. The van der Waals surface area contributed by atoms with Crippen molar-refractivity contribution in [1.82, 2.24) is 0 Å². The second-order valence-electron chi connectivity index (χ2n) is 4.98. The second-order valence-corrected chi connectivity index (χ2v) is 6.94. The number of ether oxygens (including phenoxy) is 1. The van der Waals surface area contributed by atoms with Gasteiger partial charge >= 0.3 is 0 Å². The fourth-order valence-corrected chi connectivity index (χ4v) is 3.85. The summed E-state index contributed by atoms with van der Waals surface area (Å²) in [6, 6.07) is 12.8. The molecule has 0 aliphatic carbocycles. The molecule has 0 N–H and O–H groups in total. The van der Waals surface area contributed by atoms with E-state index in [0.29, 0.717) is 0 Å². The van der Waals surface area contributed by atoms with Crippen LogP contribution in [0.15, 0.2) is 40.9 Å². The minimum atomic E-state index is 0.282. The highest BCUT2D eigenvalue weighted by molar-refractivity contribution is 9.11. The topological polar surface area (TPSA) is 9.23 Å². The molecule has 0 aliphatic rings. The highest BCUT2D eigenvalue weighted by atomic mass is 79.9. The van der Waals surface area contributed by atoms with E-state index in [4.69, 9.17) is 4.74 Å². The van der Waals surface area contributed by atoms with Crippen molar-refractivity contribution in [2.75, 3.05) is 7.11 Å². The maximum Gasteiger partial charge on any atom is 0.120 e. The maximum absolute atomic E-state index is 5.23. The molecule has 0 spiro atoms. The summed E-state index contributed by atoms with van der Waals surface area (Å²) < 4.78 is 6.30. The summed E-state index contributed by atoms with van der Waals surface area (Å²) in [6.07, 6.45) is 0.964. The Morgan fingerprint density at radius 1 is 1.05 bits per heavy atom. The van der Waals surface area contributed by atoms with Crippen LogP contribution < -0.4 is 4.74 Å². The molecule has 0 heterocycles. The molecule has 0 fully saturated rings. The van der Waals surface area contributed by atoms with E-state index in [1.807, 2.05) is 12.1 Å². The number of methoxy groups -OCH3 is 1. The number of halogens is 2. The van der Waals surface area contributed by atoms with E-state index in [1.54, 1.807) is 7.11 Å². The zero-order valence-electron chi connectivity index (χ0n) is 11.9. The van der Waals surface area contributed by atoms with E-state index in [9.17, 15) is 0 Å². The molecule has 2 aromatic carbocycles. The van der Waals surface area contributed by atoms with Gasteiger partial charge in [-0.15, -0.1) is 0 Å². The van der Waals surface area contributed by atoms with Crippen molar-refractivity contribution in [3.8, 4) is 5.75 Å². The molecule has 0 radical (unpaired) electrons. The molecular formula is C17H18Br2O. The number of alkyl halides is 1. The lowest BCUT2D eigenvalue weighted by Crippen LogP contribution is -1.98. The molecule has 3 heteroatoms. The van der Waals surface area contributed by atoms with Crippen molar-refractivity contribution in [2.45, 2.75) is 25.1 Å². The molecule has 106 valence electrons. The molecule has 0 amide bonds. The average Bonchev–Trinajstić information content (AvgIpc) is 2.42. The molecule has 2 rings (SSSR count). The van der Waals surface area contributed by atoms with Crippen molar-refractivity contribution in [2.24, 2.45) is 0 Å².